The fourth-order valence-corrected chi connectivity index (χ4v) is 6.61. The molecule has 0 saturated carbocycles. The average Bonchev–Trinajstić information content (AvgIpc) is 3.41. The van der Waals surface area contributed by atoms with Crippen molar-refractivity contribution in [1.29, 1.82) is 0 Å². The van der Waals surface area contributed by atoms with Crippen LogP contribution in [0.4, 0.5) is 26.3 Å². The molecule has 0 unspecified atom stereocenters. The summed E-state index contributed by atoms with van der Waals surface area (Å²) in [5, 5.41) is 5.97. The molecular weight excluding hydrogens is 616 g/mol. The fourth-order valence-electron chi connectivity index (χ4n) is 5.03. The van der Waals surface area contributed by atoms with Crippen molar-refractivity contribution in [3.05, 3.63) is 106 Å². The SMILES string of the molecule is NC(=O)c1cc(-c2cccnc2C[C@H](NC(=O)Cn2nc(C(F)(F)F)c3c2CS(=O)(=O)C3)c2cc(F)cc(F)c2)ccc1F. The van der Waals surface area contributed by atoms with Crippen LogP contribution in [0, 0.1) is 17.5 Å². The lowest BCUT2D eigenvalue weighted by molar-refractivity contribution is -0.142. The number of aromatic nitrogens is 3. The van der Waals surface area contributed by atoms with Gasteiger partial charge in [-0.2, -0.15) is 18.3 Å². The van der Waals surface area contributed by atoms with E-state index in [9.17, 15) is 44.3 Å². The van der Waals surface area contributed by atoms with Gasteiger partial charge in [0, 0.05) is 29.8 Å². The third-order valence-corrected chi connectivity index (χ3v) is 8.34. The van der Waals surface area contributed by atoms with Gasteiger partial charge in [-0.3, -0.25) is 19.3 Å². The van der Waals surface area contributed by atoms with Crippen molar-refractivity contribution in [3.8, 4) is 11.1 Å². The number of amides is 2. The molecule has 3 heterocycles. The van der Waals surface area contributed by atoms with Gasteiger partial charge in [0.15, 0.2) is 15.5 Å². The number of benzene rings is 2. The van der Waals surface area contributed by atoms with Crippen molar-refractivity contribution in [3.63, 3.8) is 0 Å². The molecule has 5 rings (SSSR count). The van der Waals surface area contributed by atoms with Gasteiger partial charge in [-0.1, -0.05) is 12.1 Å². The highest BCUT2D eigenvalue weighted by molar-refractivity contribution is 7.90. The normalized spacial score (nSPS) is 14.7. The number of nitrogens with two attached hydrogens (primary N) is 1. The van der Waals surface area contributed by atoms with E-state index in [0.717, 1.165) is 18.2 Å². The van der Waals surface area contributed by atoms with E-state index in [1.54, 1.807) is 6.07 Å². The summed E-state index contributed by atoms with van der Waals surface area (Å²) < 4.78 is 108. The maximum absolute atomic E-state index is 14.2. The van der Waals surface area contributed by atoms with Gasteiger partial charge in [-0.25, -0.2) is 21.6 Å². The zero-order chi connectivity index (χ0) is 32.0. The van der Waals surface area contributed by atoms with Crippen LogP contribution < -0.4 is 11.1 Å². The molecule has 44 heavy (non-hydrogen) atoms. The Hall–Kier alpha value is -4.73. The highest BCUT2D eigenvalue weighted by atomic mass is 32.2. The predicted molar refractivity (Wildman–Crippen MR) is 143 cm³/mol. The molecule has 230 valence electrons. The Balaban J connectivity index is 1.49. The lowest BCUT2D eigenvalue weighted by Crippen LogP contribution is -2.34. The first-order chi connectivity index (χ1) is 20.6. The minimum Gasteiger partial charge on any atom is -0.366 e. The molecule has 4 aromatic rings. The number of halogens is 6. The van der Waals surface area contributed by atoms with Gasteiger partial charge in [-0.15, -0.1) is 0 Å². The first-order valence-corrected chi connectivity index (χ1v) is 14.6. The Morgan fingerprint density at radius 3 is 2.39 bits per heavy atom. The third kappa shape index (κ3) is 6.44. The molecule has 1 aliphatic heterocycles. The Morgan fingerprint density at radius 2 is 1.73 bits per heavy atom. The summed E-state index contributed by atoms with van der Waals surface area (Å²) in [6.45, 7) is -0.836. The van der Waals surface area contributed by atoms with E-state index in [4.69, 9.17) is 5.73 Å². The molecule has 16 heteroatoms. The minimum atomic E-state index is -4.97. The lowest BCUT2D eigenvalue weighted by atomic mass is 9.95. The molecule has 2 aromatic heterocycles. The van der Waals surface area contributed by atoms with Gasteiger partial charge >= 0.3 is 6.18 Å². The van der Waals surface area contributed by atoms with Gasteiger partial charge in [0.1, 0.15) is 24.0 Å². The number of nitrogens with one attached hydrogen (secondary N) is 1. The maximum atomic E-state index is 14.2. The molecule has 9 nitrogen and oxygen atoms in total. The summed E-state index contributed by atoms with van der Waals surface area (Å²) in [7, 11) is -3.90. The molecule has 2 amide bonds. The molecule has 3 N–H and O–H groups in total. The lowest BCUT2D eigenvalue weighted by Gasteiger charge is -2.21. The Morgan fingerprint density at radius 1 is 1.02 bits per heavy atom. The van der Waals surface area contributed by atoms with Crippen molar-refractivity contribution < 1.29 is 44.3 Å². The number of nitrogens with zero attached hydrogens (tertiary/aromatic N) is 3. The van der Waals surface area contributed by atoms with Crippen LogP contribution in [0.2, 0.25) is 0 Å². The molecule has 0 saturated heterocycles. The van der Waals surface area contributed by atoms with Crippen LogP contribution in [0.5, 0.6) is 0 Å². The van der Waals surface area contributed by atoms with E-state index < -0.39 is 86.2 Å². The number of carbonyl (C=O) groups excluding carboxylic acids is 2. The first-order valence-electron chi connectivity index (χ1n) is 12.8. The van der Waals surface area contributed by atoms with E-state index in [1.807, 2.05) is 0 Å². The van der Waals surface area contributed by atoms with Crippen LogP contribution >= 0.6 is 0 Å². The average molecular weight is 638 g/mol. The van der Waals surface area contributed by atoms with Crippen molar-refractivity contribution in [2.24, 2.45) is 5.73 Å². The summed E-state index contributed by atoms with van der Waals surface area (Å²) >= 11 is 0. The molecule has 1 atom stereocenters. The number of fused-ring (bicyclic) bond motifs is 1. The summed E-state index contributed by atoms with van der Waals surface area (Å²) in [6, 6.07) is 7.94. The Bertz CT molecular complexity index is 1890. The van der Waals surface area contributed by atoms with Crippen molar-refractivity contribution >= 4 is 21.7 Å². The van der Waals surface area contributed by atoms with Crippen LogP contribution in [0.3, 0.4) is 0 Å². The first kappa shape index (κ1) is 30.7. The maximum Gasteiger partial charge on any atom is 0.435 e. The smallest absolute Gasteiger partial charge is 0.366 e. The van der Waals surface area contributed by atoms with E-state index in [-0.39, 0.29) is 23.4 Å². The molecule has 0 radical (unpaired) electrons. The largest absolute Gasteiger partial charge is 0.435 e. The Labute approximate surface area is 245 Å². The standard InChI is InChI=1S/C28H21F6N5O4S/c29-16-6-15(7-17(30)9-16)22(10-23-18(2-1-5-36-23)14-3-4-21(31)19(8-14)27(35)41)37-25(40)11-39-24-13-44(42,43)12-20(24)26(38-39)28(32,33)34/h1-9,22H,10-13H2,(H2,35,41)(H,37,40)/t22-/m0/s1. The second kappa shape index (κ2) is 11.4. The summed E-state index contributed by atoms with van der Waals surface area (Å²) in [6.07, 6.45) is -3.82. The minimum absolute atomic E-state index is 0.0614. The van der Waals surface area contributed by atoms with Crippen molar-refractivity contribution in [2.45, 2.75) is 36.7 Å². The molecule has 0 fully saturated rings. The quantitative estimate of drug-likeness (QED) is 0.280. The number of sulfone groups is 1. The van der Waals surface area contributed by atoms with Crippen molar-refractivity contribution in [1.82, 2.24) is 20.1 Å². The number of hydrogen-bond donors (Lipinski definition) is 2. The number of hydrogen-bond acceptors (Lipinski definition) is 6. The van der Waals surface area contributed by atoms with E-state index in [2.05, 4.69) is 15.4 Å². The number of alkyl halides is 3. The van der Waals surface area contributed by atoms with Crippen LogP contribution in [0.1, 0.15) is 44.6 Å². The van der Waals surface area contributed by atoms with E-state index >= 15 is 0 Å². The van der Waals surface area contributed by atoms with E-state index in [0.29, 0.717) is 21.9 Å². The molecule has 0 spiro atoms. The summed E-state index contributed by atoms with van der Waals surface area (Å²) in [5.41, 5.74) is 3.46. The second-order valence-corrected chi connectivity index (χ2v) is 12.1. The molecule has 2 aromatic carbocycles. The van der Waals surface area contributed by atoms with Crippen LogP contribution in [0.25, 0.3) is 11.1 Å². The van der Waals surface area contributed by atoms with Gasteiger partial charge in [0.25, 0.3) is 5.91 Å². The number of primary amides is 1. The van der Waals surface area contributed by atoms with Gasteiger partial charge in [0.2, 0.25) is 5.91 Å². The number of pyridine rings is 1. The van der Waals surface area contributed by atoms with Gasteiger partial charge in [-0.05, 0) is 41.5 Å². The monoisotopic (exact) mass is 637 g/mol. The van der Waals surface area contributed by atoms with E-state index in [1.165, 1.54) is 24.4 Å². The second-order valence-electron chi connectivity index (χ2n) is 10.0. The fraction of sp³-hybridized carbons (Fsp3) is 0.214. The number of carbonyl (C=O) groups is 2. The highest BCUT2D eigenvalue weighted by Crippen LogP contribution is 2.37. The van der Waals surface area contributed by atoms with Crippen LogP contribution in [-0.4, -0.2) is 35.0 Å². The van der Waals surface area contributed by atoms with Crippen molar-refractivity contribution in [2.75, 3.05) is 0 Å². The summed E-state index contributed by atoms with van der Waals surface area (Å²) in [5.74, 6) is -6.42. The molecule has 0 bridgehead atoms. The molecular formula is C28H21F6N5O4S. The molecule has 1 aliphatic rings. The summed E-state index contributed by atoms with van der Waals surface area (Å²) in [4.78, 5) is 29.2. The Kier molecular flexibility index (Phi) is 7.96. The van der Waals surface area contributed by atoms with Gasteiger partial charge < -0.3 is 11.1 Å². The predicted octanol–water partition coefficient (Wildman–Crippen LogP) is 4.01. The third-order valence-electron chi connectivity index (χ3n) is 6.90. The number of rotatable bonds is 8. The molecule has 0 aliphatic carbocycles. The van der Waals surface area contributed by atoms with Crippen LogP contribution in [-0.2, 0) is 45.3 Å². The van der Waals surface area contributed by atoms with Gasteiger partial charge in [0.05, 0.1) is 34.5 Å². The van der Waals surface area contributed by atoms with Crippen LogP contribution in [0.15, 0.2) is 54.7 Å². The highest BCUT2D eigenvalue weighted by Gasteiger charge is 2.44. The zero-order valence-corrected chi connectivity index (χ0v) is 23.1. The topological polar surface area (TPSA) is 137 Å². The zero-order valence-electron chi connectivity index (χ0n) is 22.3.